The van der Waals surface area contributed by atoms with Gasteiger partial charge in [0.2, 0.25) is 0 Å². The molecule has 5 rings (SSSR count). The summed E-state index contributed by atoms with van der Waals surface area (Å²) in [7, 11) is 0. The molecule has 0 saturated carbocycles. The van der Waals surface area contributed by atoms with Crippen LogP contribution in [0.3, 0.4) is 0 Å². The van der Waals surface area contributed by atoms with Gasteiger partial charge >= 0.3 is 0 Å². The maximum absolute atomic E-state index is 6.18. The highest BCUT2D eigenvalue weighted by Crippen LogP contribution is 2.32. The fourth-order valence-corrected chi connectivity index (χ4v) is 3.92. The molecule has 1 aliphatic carbocycles. The summed E-state index contributed by atoms with van der Waals surface area (Å²) >= 11 is 0. The molecule has 4 aromatic rings. The fraction of sp³-hybridized carbons (Fsp3) is 0.227. The van der Waals surface area contributed by atoms with E-state index >= 15 is 0 Å². The molecule has 1 aromatic carbocycles. The lowest BCUT2D eigenvalue weighted by Gasteiger charge is -2.12. The minimum absolute atomic E-state index is 0.478. The second-order valence-electron chi connectivity index (χ2n) is 7.01. The van der Waals surface area contributed by atoms with Crippen molar-refractivity contribution in [3.05, 3.63) is 65.5 Å². The maximum atomic E-state index is 6.18. The topological polar surface area (TPSA) is 69.6 Å². The molecule has 0 fully saturated rings. The summed E-state index contributed by atoms with van der Waals surface area (Å²) in [5, 5.41) is 0. The number of aryl methyl sites for hydroxylation is 3. The lowest BCUT2D eigenvalue weighted by atomic mass is 10.1. The van der Waals surface area contributed by atoms with E-state index in [-0.39, 0.29) is 0 Å². The number of fused-ring (bicyclic) bond motifs is 2. The van der Waals surface area contributed by atoms with Crippen molar-refractivity contribution in [2.45, 2.75) is 32.6 Å². The van der Waals surface area contributed by atoms with Crippen molar-refractivity contribution in [3.8, 4) is 17.1 Å². The van der Waals surface area contributed by atoms with Crippen molar-refractivity contribution >= 4 is 17.0 Å². The van der Waals surface area contributed by atoms with E-state index in [0.717, 1.165) is 46.8 Å². The van der Waals surface area contributed by atoms with Crippen LogP contribution in [0, 0.1) is 0 Å². The Kier molecular flexibility index (Phi) is 3.67. The standard InChI is InChI=1S/C22H21N5/c1-2-16-9-11-19-22(25-16)27(17-10-8-14-5-3-6-15(14)13-17)21(26-19)18-7-4-12-24-20(18)23/h4,7-13H,2-3,5-6H2,1H3,(H2,23,24). The Morgan fingerprint density at radius 3 is 2.78 bits per heavy atom. The molecule has 134 valence electrons. The smallest absolute Gasteiger partial charge is 0.165 e. The van der Waals surface area contributed by atoms with Gasteiger partial charge in [0.25, 0.3) is 0 Å². The van der Waals surface area contributed by atoms with Gasteiger partial charge in [-0.15, -0.1) is 0 Å². The zero-order valence-electron chi connectivity index (χ0n) is 15.3. The summed E-state index contributed by atoms with van der Waals surface area (Å²) in [4.78, 5) is 14.0. The van der Waals surface area contributed by atoms with Gasteiger partial charge in [-0.2, -0.15) is 0 Å². The molecule has 5 heteroatoms. The normalized spacial score (nSPS) is 13.2. The fourth-order valence-electron chi connectivity index (χ4n) is 3.92. The zero-order valence-corrected chi connectivity index (χ0v) is 15.3. The van der Waals surface area contributed by atoms with E-state index < -0.39 is 0 Å². The molecule has 27 heavy (non-hydrogen) atoms. The third-order valence-corrected chi connectivity index (χ3v) is 5.34. The number of rotatable bonds is 3. The largest absolute Gasteiger partial charge is 0.383 e. The monoisotopic (exact) mass is 355 g/mol. The predicted octanol–water partition coefficient (Wildman–Crippen LogP) is 4.12. The van der Waals surface area contributed by atoms with Gasteiger partial charge in [-0.05, 0) is 73.2 Å². The summed E-state index contributed by atoms with van der Waals surface area (Å²) in [6.07, 6.45) is 6.11. The van der Waals surface area contributed by atoms with Crippen LogP contribution in [0.1, 0.15) is 30.2 Å². The molecule has 5 nitrogen and oxygen atoms in total. The van der Waals surface area contributed by atoms with Crippen molar-refractivity contribution in [1.29, 1.82) is 0 Å². The van der Waals surface area contributed by atoms with Crippen molar-refractivity contribution in [1.82, 2.24) is 19.5 Å². The second-order valence-corrected chi connectivity index (χ2v) is 7.01. The molecule has 3 aromatic heterocycles. The molecule has 2 N–H and O–H groups in total. The molecule has 0 aliphatic heterocycles. The molecule has 0 saturated heterocycles. The van der Waals surface area contributed by atoms with Crippen LogP contribution in [0.4, 0.5) is 5.82 Å². The first-order chi connectivity index (χ1) is 13.2. The van der Waals surface area contributed by atoms with Crippen LogP contribution in [0.15, 0.2) is 48.7 Å². The van der Waals surface area contributed by atoms with Gasteiger partial charge in [0.1, 0.15) is 11.3 Å². The summed E-state index contributed by atoms with van der Waals surface area (Å²) in [5.74, 6) is 1.26. The number of nitrogen functional groups attached to an aromatic ring is 1. The van der Waals surface area contributed by atoms with E-state index in [0.29, 0.717) is 5.82 Å². The van der Waals surface area contributed by atoms with Crippen LogP contribution in [0.25, 0.3) is 28.2 Å². The molecule has 0 atom stereocenters. The molecule has 0 radical (unpaired) electrons. The average molecular weight is 355 g/mol. The number of aromatic nitrogens is 4. The van der Waals surface area contributed by atoms with Gasteiger partial charge in [-0.1, -0.05) is 13.0 Å². The van der Waals surface area contributed by atoms with Crippen LogP contribution in [-0.4, -0.2) is 19.5 Å². The van der Waals surface area contributed by atoms with Crippen LogP contribution in [-0.2, 0) is 19.3 Å². The first-order valence-corrected chi connectivity index (χ1v) is 9.46. The van der Waals surface area contributed by atoms with E-state index in [2.05, 4.69) is 34.7 Å². The number of imidazole rings is 1. The highest BCUT2D eigenvalue weighted by molar-refractivity contribution is 5.83. The van der Waals surface area contributed by atoms with E-state index in [1.54, 1.807) is 6.20 Å². The number of hydrogen-bond acceptors (Lipinski definition) is 4. The number of pyridine rings is 2. The van der Waals surface area contributed by atoms with E-state index in [1.807, 2.05) is 24.3 Å². The first kappa shape index (κ1) is 16.0. The SMILES string of the molecule is CCc1ccc2nc(-c3cccnc3N)n(-c3ccc4c(c3)CCC4)c2n1. The first-order valence-electron chi connectivity index (χ1n) is 9.46. The van der Waals surface area contributed by atoms with Gasteiger partial charge in [0.05, 0.1) is 5.56 Å². The van der Waals surface area contributed by atoms with Crippen LogP contribution in [0.2, 0.25) is 0 Å². The third-order valence-electron chi connectivity index (χ3n) is 5.34. The molecule has 0 unspecified atom stereocenters. The molecule has 0 amide bonds. The van der Waals surface area contributed by atoms with Crippen molar-refractivity contribution in [3.63, 3.8) is 0 Å². The summed E-state index contributed by atoms with van der Waals surface area (Å²) in [6, 6.07) is 14.6. The minimum atomic E-state index is 0.478. The van der Waals surface area contributed by atoms with Crippen molar-refractivity contribution in [2.24, 2.45) is 0 Å². The molecule has 0 bridgehead atoms. The molecule has 0 spiro atoms. The lowest BCUT2D eigenvalue weighted by Crippen LogP contribution is -2.03. The van der Waals surface area contributed by atoms with Gasteiger partial charge in [0, 0.05) is 17.6 Å². The number of nitrogens with zero attached hydrogens (tertiary/aromatic N) is 4. The average Bonchev–Trinajstić information content (AvgIpc) is 3.31. The van der Waals surface area contributed by atoms with Crippen LogP contribution < -0.4 is 5.73 Å². The molecular weight excluding hydrogens is 334 g/mol. The van der Waals surface area contributed by atoms with Crippen molar-refractivity contribution < 1.29 is 0 Å². The highest BCUT2D eigenvalue weighted by Gasteiger charge is 2.19. The Labute approximate surface area is 157 Å². The summed E-state index contributed by atoms with van der Waals surface area (Å²) in [5.41, 5.74) is 13.7. The van der Waals surface area contributed by atoms with Crippen LogP contribution in [0.5, 0.6) is 0 Å². The Hall–Kier alpha value is -3.21. The van der Waals surface area contributed by atoms with Crippen LogP contribution >= 0.6 is 0 Å². The van der Waals surface area contributed by atoms with Gasteiger partial charge in [0.15, 0.2) is 11.5 Å². The number of benzene rings is 1. The Morgan fingerprint density at radius 2 is 1.93 bits per heavy atom. The second kappa shape index (κ2) is 6.20. The zero-order chi connectivity index (χ0) is 18.4. The summed E-state index contributed by atoms with van der Waals surface area (Å²) in [6.45, 7) is 2.12. The number of hydrogen-bond donors (Lipinski definition) is 1. The molecular formula is C22H21N5. The highest BCUT2D eigenvalue weighted by atomic mass is 15.1. The Morgan fingerprint density at radius 1 is 1.04 bits per heavy atom. The molecule has 1 aliphatic rings. The van der Waals surface area contributed by atoms with Gasteiger partial charge < -0.3 is 5.73 Å². The van der Waals surface area contributed by atoms with Gasteiger partial charge in [-0.25, -0.2) is 15.0 Å². The third kappa shape index (κ3) is 2.58. The Balaban J connectivity index is 1.82. The molecule has 3 heterocycles. The van der Waals surface area contributed by atoms with E-state index in [9.17, 15) is 0 Å². The van der Waals surface area contributed by atoms with E-state index in [1.165, 1.54) is 24.0 Å². The number of nitrogens with two attached hydrogens (primary N) is 1. The minimum Gasteiger partial charge on any atom is -0.383 e. The lowest BCUT2D eigenvalue weighted by molar-refractivity contribution is 0.911. The summed E-state index contributed by atoms with van der Waals surface area (Å²) < 4.78 is 2.13. The van der Waals surface area contributed by atoms with E-state index in [4.69, 9.17) is 15.7 Å². The Bertz CT molecular complexity index is 1160. The maximum Gasteiger partial charge on any atom is 0.165 e. The quantitative estimate of drug-likeness (QED) is 0.600. The van der Waals surface area contributed by atoms with Gasteiger partial charge in [-0.3, -0.25) is 4.57 Å². The number of anilines is 1. The van der Waals surface area contributed by atoms with Crippen molar-refractivity contribution in [2.75, 3.05) is 5.73 Å². The predicted molar refractivity (Wildman–Crippen MR) is 108 cm³/mol.